The molecule has 0 bridgehead atoms. The number of nitrogens with zero attached hydrogens (tertiary/aromatic N) is 3. The SMILES string of the molecule is Nc1c(S(=O)(=O)c2ccccc2)c2ccnnc2n1C1CCCCC1. The Hall–Kier alpha value is -2.41. The topological polar surface area (TPSA) is 90.9 Å². The van der Waals surface area contributed by atoms with Crippen molar-refractivity contribution in [2.24, 2.45) is 0 Å². The van der Waals surface area contributed by atoms with Crippen LogP contribution >= 0.6 is 0 Å². The molecule has 0 amide bonds. The molecule has 0 saturated heterocycles. The third-order valence-electron chi connectivity index (χ3n) is 4.93. The van der Waals surface area contributed by atoms with E-state index in [2.05, 4.69) is 10.2 Å². The molecule has 0 radical (unpaired) electrons. The molecular formula is C18H20N4O2S. The van der Waals surface area contributed by atoms with Crippen LogP contribution in [0.15, 0.2) is 52.4 Å². The van der Waals surface area contributed by atoms with Gasteiger partial charge < -0.3 is 10.3 Å². The molecule has 0 spiro atoms. The first-order valence-electron chi connectivity index (χ1n) is 8.52. The third kappa shape index (κ3) is 2.59. The maximum Gasteiger partial charge on any atom is 0.210 e. The summed E-state index contributed by atoms with van der Waals surface area (Å²) < 4.78 is 28.3. The van der Waals surface area contributed by atoms with Gasteiger partial charge in [0.2, 0.25) is 9.84 Å². The number of hydrogen-bond donors (Lipinski definition) is 1. The number of hydrogen-bond acceptors (Lipinski definition) is 5. The Morgan fingerprint density at radius 2 is 1.76 bits per heavy atom. The average molecular weight is 356 g/mol. The summed E-state index contributed by atoms with van der Waals surface area (Å²) in [6, 6.07) is 10.3. The molecule has 25 heavy (non-hydrogen) atoms. The molecule has 4 rings (SSSR count). The molecule has 0 atom stereocenters. The van der Waals surface area contributed by atoms with Gasteiger partial charge in [-0.1, -0.05) is 37.5 Å². The lowest BCUT2D eigenvalue weighted by Gasteiger charge is -2.24. The lowest BCUT2D eigenvalue weighted by Crippen LogP contribution is -2.16. The first-order chi connectivity index (χ1) is 12.1. The number of benzene rings is 1. The number of nitrogens with two attached hydrogens (primary N) is 1. The van der Waals surface area contributed by atoms with E-state index in [0.29, 0.717) is 11.0 Å². The van der Waals surface area contributed by atoms with Gasteiger partial charge >= 0.3 is 0 Å². The minimum atomic E-state index is -3.73. The Morgan fingerprint density at radius 3 is 2.48 bits per heavy atom. The van der Waals surface area contributed by atoms with E-state index in [-0.39, 0.29) is 21.7 Å². The van der Waals surface area contributed by atoms with E-state index < -0.39 is 9.84 Å². The quantitative estimate of drug-likeness (QED) is 0.777. The van der Waals surface area contributed by atoms with E-state index in [4.69, 9.17) is 5.73 Å². The lowest BCUT2D eigenvalue weighted by atomic mass is 9.95. The van der Waals surface area contributed by atoms with Gasteiger partial charge in [0.25, 0.3) is 0 Å². The Bertz CT molecular complexity index is 1010. The summed E-state index contributed by atoms with van der Waals surface area (Å²) >= 11 is 0. The highest BCUT2D eigenvalue weighted by Crippen LogP contribution is 2.40. The highest BCUT2D eigenvalue weighted by atomic mass is 32.2. The van der Waals surface area contributed by atoms with Crippen molar-refractivity contribution >= 4 is 26.7 Å². The maximum absolute atomic E-state index is 13.2. The largest absolute Gasteiger partial charge is 0.384 e. The third-order valence-corrected chi connectivity index (χ3v) is 6.79. The molecule has 7 heteroatoms. The maximum atomic E-state index is 13.2. The zero-order valence-corrected chi connectivity index (χ0v) is 14.6. The molecule has 1 saturated carbocycles. The van der Waals surface area contributed by atoms with Gasteiger partial charge in [0, 0.05) is 11.4 Å². The lowest BCUT2D eigenvalue weighted by molar-refractivity contribution is 0.361. The molecule has 2 N–H and O–H groups in total. The van der Waals surface area contributed by atoms with Gasteiger partial charge in [-0.05, 0) is 31.0 Å². The molecule has 1 aliphatic rings. The van der Waals surface area contributed by atoms with E-state index >= 15 is 0 Å². The molecule has 3 aromatic rings. The second kappa shape index (κ2) is 6.15. The van der Waals surface area contributed by atoms with Crippen LogP contribution in [0.1, 0.15) is 38.1 Å². The Balaban J connectivity index is 1.98. The monoisotopic (exact) mass is 356 g/mol. The zero-order valence-electron chi connectivity index (χ0n) is 13.8. The van der Waals surface area contributed by atoms with Crippen LogP contribution < -0.4 is 5.73 Å². The van der Waals surface area contributed by atoms with Gasteiger partial charge in [0.05, 0.1) is 11.1 Å². The first kappa shape index (κ1) is 16.1. The summed E-state index contributed by atoms with van der Waals surface area (Å²) in [5, 5.41) is 8.71. The number of sulfone groups is 1. The zero-order chi connectivity index (χ0) is 17.4. The van der Waals surface area contributed by atoms with E-state index in [0.717, 1.165) is 25.7 Å². The van der Waals surface area contributed by atoms with Crippen LogP contribution in [0, 0.1) is 0 Å². The van der Waals surface area contributed by atoms with Crippen LogP contribution in [-0.4, -0.2) is 23.2 Å². The second-order valence-corrected chi connectivity index (χ2v) is 8.35. The Morgan fingerprint density at radius 1 is 1.04 bits per heavy atom. The van der Waals surface area contributed by atoms with Crippen LogP contribution in [0.5, 0.6) is 0 Å². The van der Waals surface area contributed by atoms with Gasteiger partial charge in [-0.15, -0.1) is 5.10 Å². The number of aromatic nitrogens is 3. The molecule has 6 nitrogen and oxygen atoms in total. The van der Waals surface area contributed by atoms with Crippen molar-refractivity contribution in [2.75, 3.05) is 5.73 Å². The first-order valence-corrected chi connectivity index (χ1v) is 10.00. The van der Waals surface area contributed by atoms with Gasteiger partial charge in [-0.3, -0.25) is 0 Å². The predicted molar refractivity (Wildman–Crippen MR) is 96.0 cm³/mol. The van der Waals surface area contributed by atoms with Crippen LogP contribution in [0.2, 0.25) is 0 Å². The molecule has 130 valence electrons. The van der Waals surface area contributed by atoms with Crippen molar-refractivity contribution in [1.29, 1.82) is 0 Å². The van der Waals surface area contributed by atoms with Crippen molar-refractivity contribution in [2.45, 2.75) is 47.9 Å². The van der Waals surface area contributed by atoms with Gasteiger partial charge in [0.15, 0.2) is 5.65 Å². The van der Waals surface area contributed by atoms with E-state index in [1.165, 1.54) is 12.6 Å². The van der Waals surface area contributed by atoms with Crippen molar-refractivity contribution in [3.05, 3.63) is 42.6 Å². The van der Waals surface area contributed by atoms with Crippen molar-refractivity contribution in [3.8, 4) is 0 Å². The van der Waals surface area contributed by atoms with Gasteiger partial charge in [-0.2, -0.15) is 5.10 Å². The Labute approximate surface area is 146 Å². The fourth-order valence-electron chi connectivity index (χ4n) is 3.75. The number of nitrogen functional groups attached to an aromatic ring is 1. The smallest absolute Gasteiger partial charge is 0.210 e. The molecule has 1 fully saturated rings. The molecule has 2 aromatic heterocycles. The fraction of sp³-hybridized carbons (Fsp3) is 0.333. The summed E-state index contributed by atoms with van der Waals surface area (Å²) in [5.41, 5.74) is 6.94. The van der Waals surface area contributed by atoms with Crippen molar-refractivity contribution < 1.29 is 8.42 Å². The Kier molecular flexibility index (Phi) is 3.95. The number of anilines is 1. The summed E-state index contributed by atoms with van der Waals surface area (Å²) in [5.74, 6) is 0.270. The fourth-order valence-corrected chi connectivity index (χ4v) is 5.32. The number of rotatable bonds is 3. The average Bonchev–Trinajstić information content (AvgIpc) is 2.95. The van der Waals surface area contributed by atoms with Gasteiger partial charge in [-0.25, -0.2) is 8.42 Å². The molecule has 0 aliphatic heterocycles. The highest BCUT2D eigenvalue weighted by Gasteiger charge is 2.31. The van der Waals surface area contributed by atoms with Crippen LogP contribution in [-0.2, 0) is 9.84 Å². The molecule has 1 aromatic carbocycles. The van der Waals surface area contributed by atoms with Crippen molar-refractivity contribution in [1.82, 2.24) is 14.8 Å². The summed E-state index contributed by atoms with van der Waals surface area (Å²) in [6.45, 7) is 0. The number of fused-ring (bicyclic) bond motifs is 1. The molecule has 2 heterocycles. The van der Waals surface area contributed by atoms with Crippen molar-refractivity contribution in [3.63, 3.8) is 0 Å². The summed E-state index contributed by atoms with van der Waals surface area (Å²) in [7, 11) is -3.73. The molecule has 1 aliphatic carbocycles. The van der Waals surface area contributed by atoms with Crippen LogP contribution in [0.4, 0.5) is 5.82 Å². The van der Waals surface area contributed by atoms with E-state index in [9.17, 15) is 8.42 Å². The normalized spacial score (nSPS) is 16.3. The summed E-state index contributed by atoms with van der Waals surface area (Å²) in [4.78, 5) is 0.385. The van der Waals surface area contributed by atoms with E-state index in [1.54, 1.807) is 36.4 Å². The van der Waals surface area contributed by atoms with E-state index in [1.807, 2.05) is 4.57 Å². The summed E-state index contributed by atoms with van der Waals surface area (Å²) in [6.07, 6.45) is 6.91. The molecular weight excluding hydrogens is 336 g/mol. The predicted octanol–water partition coefficient (Wildman–Crippen LogP) is 3.35. The van der Waals surface area contributed by atoms with Crippen LogP contribution in [0.25, 0.3) is 11.0 Å². The minimum absolute atomic E-state index is 0.147. The minimum Gasteiger partial charge on any atom is -0.384 e. The second-order valence-electron chi connectivity index (χ2n) is 6.46. The highest BCUT2D eigenvalue weighted by molar-refractivity contribution is 7.92. The van der Waals surface area contributed by atoms with Gasteiger partial charge in [0.1, 0.15) is 10.7 Å². The van der Waals surface area contributed by atoms with Crippen LogP contribution in [0.3, 0.4) is 0 Å². The standard InChI is InChI=1S/C18H20N4O2S/c19-17-16(25(23,24)14-9-5-2-6-10-14)15-11-12-20-21-18(15)22(17)13-7-3-1-4-8-13/h2,5-6,9-13H,1,3-4,7-8,19H2. The molecule has 0 unspecified atom stereocenters.